The molecule has 0 saturated heterocycles. The second-order valence-electron chi connectivity index (χ2n) is 12.4. The van der Waals surface area contributed by atoms with Gasteiger partial charge < -0.3 is 5.11 Å². The molecule has 0 bridgehead atoms. The molecule has 3 nitrogen and oxygen atoms in total. The molecule has 194 valence electrons. The highest BCUT2D eigenvalue weighted by atomic mass is 32.1. The molecule has 0 aliphatic heterocycles. The van der Waals surface area contributed by atoms with Crippen molar-refractivity contribution in [2.75, 3.05) is 0 Å². The first-order valence-corrected chi connectivity index (χ1v) is 17.5. The van der Waals surface area contributed by atoms with Crippen LogP contribution in [0.25, 0.3) is 43.2 Å². The molecule has 5 rings (SSSR count). The van der Waals surface area contributed by atoms with Gasteiger partial charge in [0.15, 0.2) is 0 Å². The average molecular weight is 537 g/mol. The lowest BCUT2D eigenvalue weighted by Crippen LogP contribution is -2.37. The molecule has 0 radical (unpaired) electrons. The summed E-state index contributed by atoms with van der Waals surface area (Å²) in [7, 11) is -1.42. The van der Waals surface area contributed by atoms with Gasteiger partial charge in [0.2, 0.25) is 0 Å². The van der Waals surface area contributed by atoms with Crippen molar-refractivity contribution < 1.29 is 5.11 Å². The summed E-state index contributed by atoms with van der Waals surface area (Å²) >= 11 is 1.63. The van der Waals surface area contributed by atoms with Gasteiger partial charge in [-0.15, -0.1) is 11.3 Å². The van der Waals surface area contributed by atoms with Crippen LogP contribution in [0.3, 0.4) is 0 Å². The van der Waals surface area contributed by atoms with Crippen LogP contribution in [0.15, 0.2) is 66.9 Å². The third-order valence-electron chi connectivity index (χ3n) is 7.13. The van der Waals surface area contributed by atoms with Crippen LogP contribution in [-0.2, 0) is 5.41 Å². The van der Waals surface area contributed by atoms with E-state index in [1.165, 1.54) is 10.8 Å². The largest absolute Gasteiger partial charge is 0.507 e. The van der Waals surface area contributed by atoms with Crippen LogP contribution >= 0.6 is 11.3 Å². The van der Waals surface area contributed by atoms with Crippen LogP contribution in [0.5, 0.6) is 5.75 Å². The molecule has 2 heterocycles. The van der Waals surface area contributed by atoms with Crippen LogP contribution in [0.1, 0.15) is 37.5 Å². The van der Waals surface area contributed by atoms with Crippen molar-refractivity contribution in [2.45, 2.75) is 59.7 Å². The summed E-state index contributed by atoms with van der Waals surface area (Å²) in [5.74, 6) is 0.307. The molecule has 0 aliphatic rings. The standard InChI is InChI=1S/C33H36N2OSSi/c1-20-14-21(2)31(36)27(15-20)32-35-30-26(10-9-11-29(30)37-32)22-16-23(18-24(17-22)33(3,4)5)28-13-12-25(19-34-28)38(6,7)8/h9-19,36H,1-8H3. The van der Waals surface area contributed by atoms with E-state index in [1.54, 1.807) is 11.3 Å². The first-order valence-electron chi connectivity index (χ1n) is 13.1. The first kappa shape index (κ1) is 26.3. The third kappa shape index (κ3) is 5.05. The van der Waals surface area contributed by atoms with Crippen LogP contribution < -0.4 is 5.19 Å². The van der Waals surface area contributed by atoms with Gasteiger partial charge in [-0.1, -0.05) is 70.7 Å². The zero-order chi connectivity index (χ0) is 27.4. The van der Waals surface area contributed by atoms with Gasteiger partial charge in [0, 0.05) is 17.3 Å². The number of phenolic OH excluding ortho intramolecular Hbond substituents is 1. The molecule has 5 aromatic rings. The highest BCUT2D eigenvalue weighted by Crippen LogP contribution is 2.41. The fraction of sp³-hybridized carbons (Fsp3) is 0.273. The summed E-state index contributed by atoms with van der Waals surface area (Å²) in [4.78, 5) is 9.98. The van der Waals surface area contributed by atoms with Gasteiger partial charge in [0.25, 0.3) is 0 Å². The molecule has 0 amide bonds. The number of thiazole rings is 1. The van der Waals surface area contributed by atoms with Crippen molar-refractivity contribution >= 4 is 34.8 Å². The van der Waals surface area contributed by atoms with E-state index in [0.717, 1.165) is 54.3 Å². The number of nitrogens with zero attached hydrogens (tertiary/aromatic N) is 2. The number of benzene rings is 3. The predicted octanol–water partition coefficient (Wildman–Crippen LogP) is 8.86. The minimum Gasteiger partial charge on any atom is -0.507 e. The second-order valence-corrected chi connectivity index (χ2v) is 18.5. The van der Waals surface area contributed by atoms with Crippen molar-refractivity contribution in [2.24, 2.45) is 0 Å². The Morgan fingerprint density at radius 2 is 1.58 bits per heavy atom. The molecule has 38 heavy (non-hydrogen) atoms. The number of fused-ring (bicyclic) bond motifs is 1. The van der Waals surface area contributed by atoms with Crippen LogP contribution in [0.4, 0.5) is 0 Å². The lowest BCUT2D eigenvalue weighted by molar-refractivity contribution is 0.473. The summed E-state index contributed by atoms with van der Waals surface area (Å²) < 4.78 is 1.11. The van der Waals surface area contributed by atoms with Gasteiger partial charge in [0.05, 0.1) is 29.5 Å². The lowest BCUT2D eigenvalue weighted by atomic mass is 9.83. The number of pyridine rings is 1. The van der Waals surface area contributed by atoms with Gasteiger partial charge in [-0.25, -0.2) is 4.98 Å². The summed E-state index contributed by atoms with van der Waals surface area (Å²) in [5, 5.41) is 13.0. The Morgan fingerprint density at radius 3 is 2.24 bits per heavy atom. The van der Waals surface area contributed by atoms with E-state index in [0.29, 0.717) is 5.75 Å². The smallest absolute Gasteiger partial charge is 0.128 e. The molecule has 0 fully saturated rings. The minimum absolute atomic E-state index is 0.0188. The number of para-hydroxylation sites is 1. The maximum atomic E-state index is 10.8. The Morgan fingerprint density at radius 1 is 0.842 bits per heavy atom. The number of hydrogen-bond donors (Lipinski definition) is 1. The first-order chi connectivity index (χ1) is 17.8. The van der Waals surface area contributed by atoms with Crippen LogP contribution in [0.2, 0.25) is 19.6 Å². The molecule has 0 atom stereocenters. The van der Waals surface area contributed by atoms with Gasteiger partial charge in [-0.2, -0.15) is 0 Å². The topological polar surface area (TPSA) is 46.0 Å². The Kier molecular flexibility index (Phi) is 6.56. The van der Waals surface area contributed by atoms with E-state index in [9.17, 15) is 5.11 Å². The molecule has 2 aromatic heterocycles. The molecule has 0 aliphatic carbocycles. The van der Waals surface area contributed by atoms with Crippen molar-refractivity contribution in [3.8, 4) is 38.7 Å². The third-order valence-corrected chi connectivity index (χ3v) is 10.2. The Hall–Kier alpha value is -3.28. The van der Waals surface area contributed by atoms with Crippen molar-refractivity contribution in [3.05, 3.63) is 83.6 Å². The zero-order valence-corrected chi connectivity index (χ0v) is 25.4. The quantitative estimate of drug-likeness (QED) is 0.233. The van der Waals surface area contributed by atoms with Gasteiger partial charge in [0.1, 0.15) is 10.8 Å². The predicted molar refractivity (Wildman–Crippen MR) is 167 cm³/mol. The summed E-state index contributed by atoms with van der Waals surface area (Å²) in [6.07, 6.45) is 2.06. The van der Waals surface area contributed by atoms with E-state index in [4.69, 9.17) is 9.97 Å². The molecule has 0 saturated carbocycles. The molecule has 0 spiro atoms. The molecular formula is C33H36N2OSSi. The monoisotopic (exact) mass is 536 g/mol. The Bertz CT molecular complexity index is 1650. The van der Waals surface area contributed by atoms with E-state index in [1.807, 2.05) is 19.1 Å². The van der Waals surface area contributed by atoms with Gasteiger partial charge >= 0.3 is 0 Å². The van der Waals surface area contributed by atoms with Crippen LogP contribution in [-0.4, -0.2) is 23.1 Å². The molecule has 5 heteroatoms. The number of aromatic hydroxyl groups is 1. The van der Waals surface area contributed by atoms with Crippen molar-refractivity contribution in [1.29, 1.82) is 0 Å². The number of hydrogen-bond acceptors (Lipinski definition) is 4. The van der Waals surface area contributed by atoms with E-state index in [-0.39, 0.29) is 5.41 Å². The van der Waals surface area contributed by atoms with Crippen molar-refractivity contribution in [3.63, 3.8) is 0 Å². The normalized spacial score (nSPS) is 12.3. The summed E-state index contributed by atoms with van der Waals surface area (Å²) in [6, 6.07) is 21.6. The summed E-state index contributed by atoms with van der Waals surface area (Å²) in [5.41, 5.74) is 9.33. The molecule has 0 unspecified atom stereocenters. The van der Waals surface area contributed by atoms with E-state index < -0.39 is 8.07 Å². The Labute approximate surface area is 231 Å². The Balaban J connectivity index is 1.68. The highest BCUT2D eigenvalue weighted by Gasteiger charge is 2.21. The molecular weight excluding hydrogens is 501 g/mol. The maximum absolute atomic E-state index is 10.8. The molecule has 1 N–H and O–H groups in total. The number of aryl methyl sites for hydroxylation is 2. The zero-order valence-electron chi connectivity index (χ0n) is 23.6. The van der Waals surface area contributed by atoms with Crippen molar-refractivity contribution in [1.82, 2.24) is 9.97 Å². The summed E-state index contributed by atoms with van der Waals surface area (Å²) in [6.45, 7) is 17.8. The van der Waals surface area contributed by atoms with Gasteiger partial charge in [-0.05, 0) is 77.0 Å². The fourth-order valence-corrected chi connectivity index (χ4v) is 6.84. The SMILES string of the molecule is Cc1cc(C)c(O)c(-c2nc3c(-c4cc(-c5ccc([Si](C)(C)C)cn5)cc(C(C)(C)C)c4)cccc3s2)c1. The number of phenols is 1. The highest BCUT2D eigenvalue weighted by molar-refractivity contribution is 7.21. The van der Waals surface area contributed by atoms with E-state index in [2.05, 4.69) is 102 Å². The number of rotatable bonds is 4. The second kappa shape index (κ2) is 9.48. The lowest BCUT2D eigenvalue weighted by Gasteiger charge is -2.22. The average Bonchev–Trinajstić information content (AvgIpc) is 3.29. The maximum Gasteiger partial charge on any atom is 0.128 e. The fourth-order valence-electron chi connectivity index (χ4n) is 4.79. The van der Waals surface area contributed by atoms with Gasteiger partial charge in [-0.3, -0.25) is 4.98 Å². The molecule has 3 aromatic carbocycles. The van der Waals surface area contributed by atoms with E-state index >= 15 is 0 Å². The number of aromatic nitrogens is 2. The van der Waals surface area contributed by atoms with Crippen LogP contribution in [0, 0.1) is 13.8 Å². The minimum atomic E-state index is -1.42.